The number of amides is 1. The Balaban J connectivity index is 2.22. The van der Waals surface area contributed by atoms with Crippen molar-refractivity contribution < 1.29 is 18.8 Å². The highest BCUT2D eigenvalue weighted by atomic mass is 16.7. The standard InChI is InChI=1S/C14H28BNO4/c1-12(2,3)18-11(17)16-10-8-9-15-19-13(4,5)14(6,7)20-15/h8-10H2,1-7H3,(H,16,17). The molecule has 116 valence electrons. The smallest absolute Gasteiger partial charge is 0.444 e. The summed E-state index contributed by atoms with van der Waals surface area (Å²) in [5.41, 5.74) is -1.05. The second kappa shape index (κ2) is 5.94. The van der Waals surface area contributed by atoms with Gasteiger partial charge >= 0.3 is 13.2 Å². The third kappa shape index (κ3) is 4.98. The van der Waals surface area contributed by atoms with Gasteiger partial charge in [-0.2, -0.15) is 0 Å². The van der Waals surface area contributed by atoms with E-state index in [1.165, 1.54) is 0 Å². The number of ether oxygens (including phenoxy) is 1. The van der Waals surface area contributed by atoms with E-state index < -0.39 is 5.60 Å². The van der Waals surface area contributed by atoms with Crippen LogP contribution in [-0.2, 0) is 14.0 Å². The van der Waals surface area contributed by atoms with E-state index in [9.17, 15) is 4.79 Å². The number of rotatable bonds is 4. The molecule has 1 rings (SSSR count). The molecule has 1 amide bonds. The molecule has 1 heterocycles. The number of nitrogens with one attached hydrogen (secondary N) is 1. The summed E-state index contributed by atoms with van der Waals surface area (Å²) < 4.78 is 16.9. The summed E-state index contributed by atoms with van der Waals surface area (Å²) >= 11 is 0. The highest BCUT2D eigenvalue weighted by molar-refractivity contribution is 6.45. The first-order valence-corrected chi connectivity index (χ1v) is 7.25. The topological polar surface area (TPSA) is 56.8 Å². The van der Waals surface area contributed by atoms with Crippen molar-refractivity contribution in [3.05, 3.63) is 0 Å². The summed E-state index contributed by atoms with van der Waals surface area (Å²) in [7, 11) is -0.208. The normalized spacial score (nSPS) is 20.9. The van der Waals surface area contributed by atoms with Gasteiger partial charge in [-0.25, -0.2) is 4.79 Å². The summed E-state index contributed by atoms with van der Waals surface area (Å²) in [5, 5.41) is 2.73. The molecule has 0 saturated carbocycles. The van der Waals surface area contributed by atoms with E-state index in [2.05, 4.69) is 5.32 Å². The Hall–Kier alpha value is -0.745. The van der Waals surface area contributed by atoms with Crippen molar-refractivity contribution in [2.75, 3.05) is 6.54 Å². The van der Waals surface area contributed by atoms with Gasteiger partial charge in [0.05, 0.1) is 11.2 Å². The summed E-state index contributed by atoms with van der Waals surface area (Å²) in [6, 6.07) is 0. The first-order valence-electron chi connectivity index (χ1n) is 7.25. The molecule has 0 unspecified atom stereocenters. The summed E-state index contributed by atoms with van der Waals surface area (Å²) in [6.45, 7) is 14.2. The maximum absolute atomic E-state index is 11.5. The van der Waals surface area contributed by atoms with E-state index in [1.807, 2.05) is 48.5 Å². The SMILES string of the molecule is CC(C)(C)OC(=O)NCCCB1OC(C)(C)C(C)(C)O1. The van der Waals surface area contributed by atoms with Crippen molar-refractivity contribution in [3.8, 4) is 0 Å². The molecule has 1 saturated heterocycles. The van der Waals surface area contributed by atoms with Crippen LogP contribution < -0.4 is 5.32 Å². The summed E-state index contributed by atoms with van der Waals surface area (Å²) in [4.78, 5) is 11.5. The van der Waals surface area contributed by atoms with Crippen LogP contribution in [0.5, 0.6) is 0 Å². The van der Waals surface area contributed by atoms with Gasteiger partial charge in [-0.05, 0) is 61.2 Å². The minimum absolute atomic E-state index is 0.208. The maximum Gasteiger partial charge on any atom is 0.457 e. The monoisotopic (exact) mass is 285 g/mol. The van der Waals surface area contributed by atoms with Crippen molar-refractivity contribution >= 4 is 13.2 Å². The lowest BCUT2D eigenvalue weighted by atomic mass is 9.83. The van der Waals surface area contributed by atoms with Crippen molar-refractivity contribution in [3.63, 3.8) is 0 Å². The molecule has 1 N–H and O–H groups in total. The van der Waals surface area contributed by atoms with Gasteiger partial charge in [0.1, 0.15) is 5.60 Å². The third-order valence-corrected chi connectivity index (χ3v) is 3.59. The number of carbonyl (C=O) groups is 1. The molecule has 0 spiro atoms. The largest absolute Gasteiger partial charge is 0.457 e. The minimum atomic E-state index is -0.462. The zero-order chi connectivity index (χ0) is 15.6. The van der Waals surface area contributed by atoms with Crippen LogP contribution >= 0.6 is 0 Å². The van der Waals surface area contributed by atoms with E-state index >= 15 is 0 Å². The Bertz CT molecular complexity index is 334. The van der Waals surface area contributed by atoms with E-state index in [-0.39, 0.29) is 24.4 Å². The summed E-state index contributed by atoms with van der Waals surface area (Å²) in [6.07, 6.45) is 1.16. The van der Waals surface area contributed by atoms with Gasteiger partial charge in [0.2, 0.25) is 0 Å². The van der Waals surface area contributed by atoms with E-state index in [1.54, 1.807) is 0 Å². The fourth-order valence-corrected chi connectivity index (χ4v) is 1.86. The van der Waals surface area contributed by atoms with Crippen LogP contribution in [0.2, 0.25) is 6.32 Å². The predicted octanol–water partition coefficient (Wildman–Crippen LogP) is 2.99. The molecule has 0 aliphatic carbocycles. The Morgan fingerprint density at radius 1 is 1.15 bits per heavy atom. The van der Waals surface area contributed by atoms with Gasteiger partial charge < -0.3 is 19.4 Å². The van der Waals surface area contributed by atoms with Gasteiger partial charge in [0, 0.05) is 6.54 Å². The number of alkyl carbamates (subject to hydrolysis) is 1. The van der Waals surface area contributed by atoms with Crippen molar-refractivity contribution in [2.24, 2.45) is 0 Å². The molecule has 1 fully saturated rings. The zero-order valence-electron chi connectivity index (χ0n) is 13.8. The van der Waals surface area contributed by atoms with Crippen molar-refractivity contribution in [2.45, 2.75) is 78.0 Å². The third-order valence-electron chi connectivity index (χ3n) is 3.59. The Morgan fingerprint density at radius 2 is 1.65 bits per heavy atom. The fourth-order valence-electron chi connectivity index (χ4n) is 1.86. The lowest BCUT2D eigenvalue weighted by Gasteiger charge is -2.32. The molecule has 0 atom stereocenters. The van der Waals surface area contributed by atoms with Crippen LogP contribution in [0, 0.1) is 0 Å². The highest BCUT2D eigenvalue weighted by Crippen LogP contribution is 2.37. The van der Waals surface area contributed by atoms with E-state index in [0.717, 1.165) is 12.7 Å². The number of hydrogen-bond donors (Lipinski definition) is 1. The molecule has 0 bridgehead atoms. The Morgan fingerprint density at radius 3 is 2.10 bits per heavy atom. The van der Waals surface area contributed by atoms with Gasteiger partial charge in [0.25, 0.3) is 0 Å². The molecule has 1 aliphatic heterocycles. The lowest BCUT2D eigenvalue weighted by molar-refractivity contribution is 0.00578. The average Bonchev–Trinajstić information content (AvgIpc) is 2.40. The first kappa shape index (κ1) is 17.3. The second-order valence-corrected chi connectivity index (χ2v) is 7.26. The first-order chi connectivity index (χ1) is 8.93. The Labute approximate surface area is 122 Å². The molecule has 20 heavy (non-hydrogen) atoms. The van der Waals surface area contributed by atoms with Crippen LogP contribution in [0.4, 0.5) is 4.79 Å². The van der Waals surface area contributed by atoms with Crippen molar-refractivity contribution in [1.82, 2.24) is 5.32 Å². The van der Waals surface area contributed by atoms with Crippen LogP contribution in [0.25, 0.3) is 0 Å². The van der Waals surface area contributed by atoms with Crippen LogP contribution in [0.1, 0.15) is 54.9 Å². The van der Waals surface area contributed by atoms with E-state index in [4.69, 9.17) is 14.0 Å². The van der Waals surface area contributed by atoms with Gasteiger partial charge in [-0.1, -0.05) is 0 Å². The average molecular weight is 285 g/mol. The Kier molecular flexibility index (Phi) is 5.14. The molecule has 0 aromatic heterocycles. The van der Waals surface area contributed by atoms with Gasteiger partial charge in [-0.3, -0.25) is 0 Å². The van der Waals surface area contributed by atoms with Gasteiger partial charge in [0.15, 0.2) is 0 Å². The summed E-state index contributed by atoms with van der Waals surface area (Å²) in [5.74, 6) is 0. The number of hydrogen-bond acceptors (Lipinski definition) is 4. The predicted molar refractivity (Wildman–Crippen MR) is 79.7 cm³/mol. The van der Waals surface area contributed by atoms with Crippen LogP contribution in [0.3, 0.4) is 0 Å². The van der Waals surface area contributed by atoms with Crippen LogP contribution in [-0.4, -0.2) is 36.6 Å². The molecule has 0 aromatic rings. The fraction of sp³-hybridized carbons (Fsp3) is 0.929. The quantitative estimate of drug-likeness (QED) is 0.637. The molecular weight excluding hydrogens is 257 g/mol. The van der Waals surface area contributed by atoms with Crippen LogP contribution in [0.15, 0.2) is 0 Å². The lowest BCUT2D eigenvalue weighted by Crippen LogP contribution is -2.41. The highest BCUT2D eigenvalue weighted by Gasteiger charge is 2.50. The molecule has 0 radical (unpaired) electrons. The maximum atomic E-state index is 11.5. The number of carbonyl (C=O) groups excluding carboxylic acids is 1. The molecule has 6 heteroatoms. The molecule has 5 nitrogen and oxygen atoms in total. The zero-order valence-corrected chi connectivity index (χ0v) is 13.8. The van der Waals surface area contributed by atoms with Gasteiger partial charge in [-0.15, -0.1) is 0 Å². The molecular formula is C14H28BNO4. The second-order valence-electron chi connectivity index (χ2n) is 7.26. The minimum Gasteiger partial charge on any atom is -0.444 e. The molecule has 1 aliphatic rings. The molecule has 0 aromatic carbocycles. The van der Waals surface area contributed by atoms with Crippen molar-refractivity contribution in [1.29, 1.82) is 0 Å². The van der Waals surface area contributed by atoms with E-state index in [0.29, 0.717) is 6.54 Å².